The van der Waals surface area contributed by atoms with E-state index in [1.165, 1.54) is 0 Å². The largest absolute Gasteiger partial charge is 0.506 e. The summed E-state index contributed by atoms with van der Waals surface area (Å²) >= 11 is 0. The van der Waals surface area contributed by atoms with Gasteiger partial charge in [-0.2, -0.15) is 5.10 Å². The summed E-state index contributed by atoms with van der Waals surface area (Å²) in [6.45, 7) is 4.99. The summed E-state index contributed by atoms with van der Waals surface area (Å²) in [4.78, 5) is 17.0. The summed E-state index contributed by atoms with van der Waals surface area (Å²) in [5.41, 5.74) is 2.65. The smallest absolute Gasteiger partial charge is 0.270 e. The van der Waals surface area contributed by atoms with Crippen LogP contribution in [0.2, 0.25) is 0 Å². The van der Waals surface area contributed by atoms with Gasteiger partial charge in [-0.15, -0.1) is 0 Å². The second-order valence-electron chi connectivity index (χ2n) is 6.37. The highest BCUT2D eigenvalue weighted by molar-refractivity contribution is 5.94. The molecule has 26 heavy (non-hydrogen) atoms. The fourth-order valence-corrected chi connectivity index (χ4v) is 3.20. The molecule has 0 unspecified atom stereocenters. The molecule has 2 N–H and O–H groups in total. The number of hydrogen-bond donors (Lipinski definition) is 2. The molecule has 0 spiro atoms. The van der Waals surface area contributed by atoms with E-state index >= 15 is 0 Å². The van der Waals surface area contributed by atoms with Gasteiger partial charge in [-0.1, -0.05) is 0 Å². The van der Waals surface area contributed by atoms with E-state index in [0.717, 1.165) is 11.3 Å². The monoisotopic (exact) mass is 360 g/mol. The van der Waals surface area contributed by atoms with Crippen LogP contribution in [0.4, 0.5) is 0 Å². The third-order valence-electron chi connectivity index (χ3n) is 4.40. The van der Waals surface area contributed by atoms with Crippen LogP contribution in [0.25, 0.3) is 0 Å². The van der Waals surface area contributed by atoms with Crippen molar-refractivity contribution in [1.29, 1.82) is 0 Å². The number of rotatable bonds is 6. The minimum atomic E-state index is -0.249. The molecular weight excluding hydrogens is 336 g/mol. The lowest BCUT2D eigenvalue weighted by molar-refractivity contribution is -0.00716. The molecule has 8 nitrogen and oxygen atoms in total. The topological polar surface area (TPSA) is 98.5 Å². The number of carbonyl (C=O) groups excluding carboxylic acids is 1. The number of aromatic hydroxyl groups is 1. The van der Waals surface area contributed by atoms with Gasteiger partial charge in [0.1, 0.15) is 17.1 Å². The molecule has 140 valence electrons. The maximum Gasteiger partial charge on any atom is 0.270 e. The highest BCUT2D eigenvalue weighted by Crippen LogP contribution is 2.31. The van der Waals surface area contributed by atoms with Gasteiger partial charge in [-0.05, 0) is 26.0 Å². The molecule has 0 radical (unpaired) electrons. The summed E-state index contributed by atoms with van der Waals surface area (Å²) in [5, 5.41) is 17.2. The van der Waals surface area contributed by atoms with E-state index in [1.807, 2.05) is 13.8 Å². The Hall–Kier alpha value is -2.45. The van der Waals surface area contributed by atoms with Gasteiger partial charge in [0, 0.05) is 25.3 Å². The standard InChI is InChI=1S/C18H24N4O4/c1-11-9-13-16(12(2)26-11)21-22(7-8-25-3)17(13)18(24)20-10-14-15(23)5-4-6-19-14/h4-6,11-12,23H,7-10H2,1-3H3,(H,20,24)/t11-,12+/m0/s1. The maximum atomic E-state index is 12.9. The third kappa shape index (κ3) is 3.71. The number of pyridine rings is 1. The van der Waals surface area contributed by atoms with E-state index in [1.54, 1.807) is 30.1 Å². The molecule has 8 heteroatoms. The van der Waals surface area contributed by atoms with Crippen LogP contribution in [0, 0.1) is 0 Å². The molecule has 1 amide bonds. The van der Waals surface area contributed by atoms with Crippen LogP contribution in [0.1, 0.15) is 47.4 Å². The van der Waals surface area contributed by atoms with Crippen molar-refractivity contribution in [3.63, 3.8) is 0 Å². The predicted octanol–water partition coefficient (Wildman–Crippen LogP) is 1.58. The molecule has 0 aromatic carbocycles. The minimum Gasteiger partial charge on any atom is -0.506 e. The van der Waals surface area contributed by atoms with E-state index < -0.39 is 0 Å². The Labute approximate surface area is 152 Å². The second kappa shape index (κ2) is 7.84. The quantitative estimate of drug-likeness (QED) is 0.812. The van der Waals surface area contributed by atoms with E-state index in [9.17, 15) is 9.90 Å². The number of ether oxygens (including phenoxy) is 2. The molecule has 0 saturated carbocycles. The minimum absolute atomic E-state index is 0.0176. The zero-order chi connectivity index (χ0) is 18.7. The first-order valence-corrected chi connectivity index (χ1v) is 8.66. The fraction of sp³-hybridized carbons (Fsp3) is 0.500. The van der Waals surface area contributed by atoms with Gasteiger partial charge < -0.3 is 19.9 Å². The van der Waals surface area contributed by atoms with Crippen LogP contribution in [0.5, 0.6) is 5.75 Å². The zero-order valence-corrected chi connectivity index (χ0v) is 15.2. The number of hydrogen-bond acceptors (Lipinski definition) is 6. The van der Waals surface area contributed by atoms with E-state index in [0.29, 0.717) is 31.0 Å². The molecule has 0 aliphatic carbocycles. The van der Waals surface area contributed by atoms with Crippen LogP contribution in [-0.2, 0) is 29.0 Å². The first-order chi connectivity index (χ1) is 12.5. The summed E-state index contributed by atoms with van der Waals surface area (Å²) in [6, 6.07) is 3.18. The van der Waals surface area contributed by atoms with Crippen molar-refractivity contribution in [1.82, 2.24) is 20.1 Å². The summed E-state index contributed by atoms with van der Waals surface area (Å²) in [5.74, 6) is -0.195. The van der Waals surface area contributed by atoms with Crippen molar-refractivity contribution in [2.45, 2.75) is 45.6 Å². The van der Waals surface area contributed by atoms with E-state index in [2.05, 4.69) is 15.4 Å². The highest BCUT2D eigenvalue weighted by Gasteiger charge is 2.32. The zero-order valence-electron chi connectivity index (χ0n) is 15.2. The van der Waals surface area contributed by atoms with Crippen LogP contribution in [-0.4, -0.2) is 45.6 Å². The lowest BCUT2D eigenvalue weighted by Crippen LogP contribution is -2.29. The van der Waals surface area contributed by atoms with Crippen molar-refractivity contribution >= 4 is 5.91 Å². The van der Waals surface area contributed by atoms with Gasteiger partial charge in [-0.25, -0.2) is 0 Å². The van der Waals surface area contributed by atoms with E-state index in [-0.39, 0.29) is 30.4 Å². The summed E-state index contributed by atoms with van der Waals surface area (Å²) in [6.07, 6.45) is 2.06. The molecule has 1 aliphatic rings. The number of aromatic nitrogens is 3. The third-order valence-corrected chi connectivity index (χ3v) is 4.40. The average molecular weight is 360 g/mol. The van der Waals surface area contributed by atoms with Gasteiger partial charge in [0.15, 0.2) is 0 Å². The van der Waals surface area contributed by atoms with Crippen LogP contribution in [0.15, 0.2) is 18.3 Å². The molecule has 1 aliphatic heterocycles. The van der Waals surface area contributed by atoms with Gasteiger partial charge in [0.25, 0.3) is 5.91 Å². The molecule has 0 saturated heterocycles. The van der Waals surface area contributed by atoms with Crippen LogP contribution < -0.4 is 5.32 Å². The first-order valence-electron chi connectivity index (χ1n) is 8.66. The fourth-order valence-electron chi connectivity index (χ4n) is 3.20. The molecule has 3 rings (SSSR count). The molecule has 0 fully saturated rings. The van der Waals surface area contributed by atoms with Crippen molar-refractivity contribution < 1.29 is 19.4 Å². The van der Waals surface area contributed by atoms with E-state index in [4.69, 9.17) is 9.47 Å². The number of fused-ring (bicyclic) bond motifs is 1. The van der Waals surface area contributed by atoms with Crippen molar-refractivity contribution in [2.75, 3.05) is 13.7 Å². The van der Waals surface area contributed by atoms with Crippen LogP contribution in [0.3, 0.4) is 0 Å². The van der Waals surface area contributed by atoms with Crippen molar-refractivity contribution in [3.05, 3.63) is 41.0 Å². The van der Waals surface area contributed by atoms with Gasteiger partial charge in [0.05, 0.1) is 37.6 Å². The van der Waals surface area contributed by atoms with Gasteiger partial charge in [0.2, 0.25) is 0 Å². The number of amides is 1. The Kier molecular flexibility index (Phi) is 5.53. The molecule has 2 atom stereocenters. The van der Waals surface area contributed by atoms with Gasteiger partial charge in [-0.3, -0.25) is 14.5 Å². The van der Waals surface area contributed by atoms with Crippen LogP contribution >= 0.6 is 0 Å². The maximum absolute atomic E-state index is 12.9. The average Bonchev–Trinajstić information content (AvgIpc) is 2.97. The highest BCUT2D eigenvalue weighted by atomic mass is 16.5. The lowest BCUT2D eigenvalue weighted by Gasteiger charge is -2.24. The molecule has 2 aromatic rings. The Balaban J connectivity index is 1.87. The second-order valence-corrected chi connectivity index (χ2v) is 6.37. The lowest BCUT2D eigenvalue weighted by atomic mass is 9.99. The Morgan fingerprint density at radius 1 is 1.50 bits per heavy atom. The molecule has 3 heterocycles. The first kappa shape index (κ1) is 18.3. The number of methoxy groups -OCH3 is 1. The SMILES string of the molecule is COCCn1nc2c(c1C(=O)NCc1ncccc1O)C[C@H](C)O[C@@H]2C. The van der Waals surface area contributed by atoms with Gasteiger partial charge >= 0.3 is 0 Å². The Bertz CT molecular complexity index is 789. The number of nitrogens with zero attached hydrogens (tertiary/aromatic N) is 3. The normalized spacial score (nSPS) is 19.2. The molecular formula is C18H24N4O4. The number of carbonyl (C=O) groups is 1. The van der Waals surface area contributed by atoms with Crippen molar-refractivity contribution in [3.8, 4) is 5.75 Å². The summed E-state index contributed by atoms with van der Waals surface area (Å²) in [7, 11) is 1.61. The predicted molar refractivity (Wildman–Crippen MR) is 93.8 cm³/mol. The number of nitrogens with one attached hydrogen (secondary N) is 1. The Morgan fingerprint density at radius 3 is 3.04 bits per heavy atom. The molecule has 0 bridgehead atoms. The summed E-state index contributed by atoms with van der Waals surface area (Å²) < 4.78 is 12.6. The Morgan fingerprint density at radius 2 is 2.31 bits per heavy atom. The van der Waals surface area contributed by atoms with Crippen molar-refractivity contribution in [2.24, 2.45) is 0 Å². The molecule has 2 aromatic heterocycles.